The first kappa shape index (κ1) is 29.4. The summed E-state index contributed by atoms with van der Waals surface area (Å²) in [6.45, 7) is 1.55. The Morgan fingerprint density at radius 2 is 1.27 bits per heavy atom. The van der Waals surface area contributed by atoms with Crippen LogP contribution in [0, 0.1) is 0 Å². The number of rotatable bonds is 19. The minimum Gasteiger partial charge on any atom is -0.343 e. The molecule has 0 saturated carbocycles. The molecule has 1 amide bonds. The molecule has 0 heterocycles. The van der Waals surface area contributed by atoms with Gasteiger partial charge in [0.2, 0.25) is 0 Å². The van der Waals surface area contributed by atoms with Gasteiger partial charge in [0.1, 0.15) is 0 Å². The Hall–Kier alpha value is -0.630. The fraction of sp³-hybridized carbons (Fsp3) is 0.950. The van der Waals surface area contributed by atoms with Crippen molar-refractivity contribution in [2.75, 3.05) is 6.61 Å². The Kier molecular flexibility index (Phi) is 16.6. The molecule has 0 aliphatic rings. The van der Waals surface area contributed by atoms with Crippen LogP contribution in [-0.4, -0.2) is 34.5 Å². The van der Waals surface area contributed by atoms with Gasteiger partial charge in [0, 0.05) is 0 Å². The van der Waals surface area contributed by atoms with E-state index < -0.39 is 32.6 Å². The van der Waals surface area contributed by atoms with Crippen molar-refractivity contribution in [3.8, 4) is 0 Å². The number of alkyl halides is 3. The van der Waals surface area contributed by atoms with E-state index in [1.807, 2.05) is 0 Å². The number of carbonyl (C=O) groups excluding carboxylic acids is 1. The molecule has 0 saturated heterocycles. The quantitative estimate of drug-likeness (QED) is 0.162. The van der Waals surface area contributed by atoms with Crippen LogP contribution in [0.4, 0.5) is 13.2 Å². The van der Waals surface area contributed by atoms with Crippen LogP contribution in [0.15, 0.2) is 0 Å². The van der Waals surface area contributed by atoms with Crippen LogP contribution in [-0.2, 0) is 13.9 Å². The molecule has 10 heteroatoms. The summed E-state index contributed by atoms with van der Waals surface area (Å²) in [5.74, 6) is -2.13. The number of amides is 1. The highest BCUT2D eigenvalue weighted by molar-refractivity contribution is 7.46. The van der Waals surface area contributed by atoms with Crippen LogP contribution in [0.5, 0.6) is 0 Å². The van der Waals surface area contributed by atoms with Crippen molar-refractivity contribution < 1.29 is 36.8 Å². The van der Waals surface area contributed by atoms with Crippen LogP contribution in [0.1, 0.15) is 103 Å². The van der Waals surface area contributed by atoms with E-state index in [4.69, 9.17) is 9.79 Å². The summed E-state index contributed by atoms with van der Waals surface area (Å²) in [4.78, 5) is 28.5. The zero-order valence-electron chi connectivity index (χ0n) is 18.1. The number of hydrogen-bond donors (Lipinski definition) is 3. The van der Waals surface area contributed by atoms with E-state index in [1.165, 1.54) is 57.8 Å². The lowest BCUT2D eigenvalue weighted by Gasteiger charge is -2.19. The summed E-state index contributed by atoms with van der Waals surface area (Å²) in [6, 6.07) is -1.09. The van der Waals surface area contributed by atoms with E-state index in [2.05, 4.69) is 11.4 Å². The van der Waals surface area contributed by atoms with Crippen LogP contribution in [0.25, 0.3) is 0 Å². The predicted molar refractivity (Wildman–Crippen MR) is 111 cm³/mol. The first-order valence-electron chi connectivity index (χ1n) is 11.1. The van der Waals surface area contributed by atoms with Crippen molar-refractivity contribution in [3.63, 3.8) is 0 Å². The molecular formula is C20H39F3NO5P. The number of nitrogens with one attached hydrogen (secondary N) is 1. The second-order valence-electron chi connectivity index (χ2n) is 7.84. The van der Waals surface area contributed by atoms with Crippen molar-refractivity contribution in [1.82, 2.24) is 5.32 Å². The molecule has 0 unspecified atom stereocenters. The molecular weight excluding hydrogens is 422 g/mol. The van der Waals surface area contributed by atoms with E-state index >= 15 is 0 Å². The number of hydrogen-bond acceptors (Lipinski definition) is 3. The van der Waals surface area contributed by atoms with Gasteiger partial charge in [-0.1, -0.05) is 96.8 Å². The van der Waals surface area contributed by atoms with E-state index in [0.29, 0.717) is 6.42 Å². The molecule has 0 aromatic rings. The second-order valence-corrected chi connectivity index (χ2v) is 9.08. The van der Waals surface area contributed by atoms with Gasteiger partial charge in [0.25, 0.3) is 0 Å². The van der Waals surface area contributed by atoms with Gasteiger partial charge >= 0.3 is 19.9 Å². The lowest BCUT2D eigenvalue weighted by atomic mass is 10.0. The topological polar surface area (TPSA) is 95.9 Å². The predicted octanol–water partition coefficient (Wildman–Crippen LogP) is 6.01. The smallest absolute Gasteiger partial charge is 0.343 e. The third-order valence-electron chi connectivity index (χ3n) is 4.94. The lowest BCUT2D eigenvalue weighted by molar-refractivity contribution is -0.174. The third kappa shape index (κ3) is 19.3. The van der Waals surface area contributed by atoms with Crippen molar-refractivity contribution in [2.24, 2.45) is 0 Å². The van der Waals surface area contributed by atoms with E-state index in [-0.39, 0.29) is 6.42 Å². The molecule has 6 nitrogen and oxygen atoms in total. The highest BCUT2D eigenvalue weighted by Gasteiger charge is 2.39. The van der Waals surface area contributed by atoms with Gasteiger partial charge in [0.15, 0.2) is 0 Å². The van der Waals surface area contributed by atoms with Crippen LogP contribution < -0.4 is 5.32 Å². The standard InChI is InChI=1S/C20H39F3NO5P/c1-2-3-4-5-6-7-8-9-10-11-12-13-14-15-16-18(17-29-30(26,27)28)24-19(25)20(21,22)23/h18H,2-17H2,1H3,(H,24,25)(H2,26,27,28)/t18-/m1/s1. The first-order valence-corrected chi connectivity index (χ1v) is 12.7. The molecule has 0 radical (unpaired) electrons. The largest absolute Gasteiger partial charge is 0.471 e. The van der Waals surface area contributed by atoms with Gasteiger partial charge in [0.05, 0.1) is 12.6 Å². The molecule has 0 bridgehead atoms. The Balaban J connectivity index is 3.82. The van der Waals surface area contributed by atoms with E-state index in [0.717, 1.165) is 25.7 Å². The molecule has 30 heavy (non-hydrogen) atoms. The minimum absolute atomic E-state index is 0.167. The zero-order chi connectivity index (χ0) is 22.9. The Morgan fingerprint density at radius 3 is 1.63 bits per heavy atom. The fourth-order valence-corrected chi connectivity index (χ4v) is 3.61. The number of phosphoric ester groups is 1. The van der Waals surface area contributed by atoms with Gasteiger partial charge < -0.3 is 15.1 Å². The maximum absolute atomic E-state index is 12.4. The molecule has 0 spiro atoms. The summed E-state index contributed by atoms with van der Waals surface area (Å²) in [5.41, 5.74) is 0. The van der Waals surface area contributed by atoms with Crippen molar-refractivity contribution in [3.05, 3.63) is 0 Å². The van der Waals surface area contributed by atoms with E-state index in [9.17, 15) is 22.5 Å². The molecule has 0 fully saturated rings. The summed E-state index contributed by atoms with van der Waals surface area (Å²) in [7, 11) is -4.81. The summed E-state index contributed by atoms with van der Waals surface area (Å²) in [5, 5.41) is 1.74. The van der Waals surface area contributed by atoms with Gasteiger partial charge in [-0.25, -0.2) is 4.57 Å². The average molecular weight is 462 g/mol. The van der Waals surface area contributed by atoms with Crippen LogP contribution >= 0.6 is 7.82 Å². The highest BCUT2D eigenvalue weighted by atomic mass is 31.2. The van der Waals surface area contributed by atoms with Crippen LogP contribution in [0.3, 0.4) is 0 Å². The molecule has 0 rings (SSSR count). The Bertz CT molecular complexity index is 486. The van der Waals surface area contributed by atoms with E-state index in [1.54, 1.807) is 5.32 Å². The molecule has 0 aliphatic carbocycles. The second kappa shape index (κ2) is 17.0. The maximum atomic E-state index is 12.4. The van der Waals surface area contributed by atoms with Gasteiger partial charge in [-0.15, -0.1) is 0 Å². The Morgan fingerprint density at radius 1 is 0.867 bits per heavy atom. The van der Waals surface area contributed by atoms with Crippen LogP contribution in [0.2, 0.25) is 0 Å². The molecule has 1 atom stereocenters. The number of carbonyl (C=O) groups is 1. The van der Waals surface area contributed by atoms with Gasteiger partial charge in [-0.3, -0.25) is 9.32 Å². The third-order valence-corrected chi connectivity index (χ3v) is 5.43. The Labute approximate surface area is 178 Å². The molecule has 3 N–H and O–H groups in total. The fourth-order valence-electron chi connectivity index (χ4n) is 3.24. The lowest BCUT2D eigenvalue weighted by Crippen LogP contribution is -2.45. The SMILES string of the molecule is CCCCCCCCCCCCCCCC[C@H](COP(=O)(O)O)NC(=O)C(F)(F)F. The molecule has 180 valence electrons. The number of halogens is 3. The summed E-state index contributed by atoms with van der Waals surface area (Å²) < 4.78 is 52.2. The molecule has 0 aliphatic heterocycles. The first-order chi connectivity index (χ1) is 14.1. The highest BCUT2D eigenvalue weighted by Crippen LogP contribution is 2.36. The van der Waals surface area contributed by atoms with Crippen molar-refractivity contribution >= 4 is 13.7 Å². The number of unbranched alkanes of at least 4 members (excludes halogenated alkanes) is 13. The average Bonchev–Trinajstić information content (AvgIpc) is 2.64. The molecule has 0 aromatic heterocycles. The monoisotopic (exact) mass is 461 g/mol. The van der Waals surface area contributed by atoms with Crippen molar-refractivity contribution in [1.29, 1.82) is 0 Å². The zero-order valence-corrected chi connectivity index (χ0v) is 19.0. The van der Waals surface area contributed by atoms with Gasteiger partial charge in [-0.05, 0) is 6.42 Å². The molecule has 0 aromatic carbocycles. The summed E-state index contributed by atoms with van der Waals surface area (Å²) >= 11 is 0. The van der Waals surface area contributed by atoms with Gasteiger partial charge in [-0.2, -0.15) is 13.2 Å². The summed E-state index contributed by atoms with van der Waals surface area (Å²) in [6.07, 6.45) is 11.1. The van der Waals surface area contributed by atoms with Crippen molar-refractivity contribution in [2.45, 2.75) is 115 Å². The maximum Gasteiger partial charge on any atom is 0.471 e. The normalized spacial score (nSPS) is 13.4. The number of phosphoric acid groups is 1. The minimum atomic E-state index is -5.05.